The minimum Gasteiger partial charge on any atom is -0.392 e. The van der Waals surface area contributed by atoms with E-state index >= 15 is 0 Å². The van der Waals surface area contributed by atoms with Crippen LogP contribution in [0.2, 0.25) is 0 Å². The maximum atomic E-state index is 11.6. The number of aliphatic hydroxyl groups excluding tert-OH is 1. The van der Waals surface area contributed by atoms with Crippen LogP contribution in [0.15, 0.2) is 22.8 Å². The van der Waals surface area contributed by atoms with E-state index in [9.17, 15) is 9.90 Å². The van der Waals surface area contributed by atoms with Gasteiger partial charge in [0, 0.05) is 12.3 Å². The molecule has 0 aromatic carbocycles. The van der Waals surface area contributed by atoms with Gasteiger partial charge in [-0.1, -0.05) is 18.9 Å². The third kappa shape index (κ3) is 1.70. The molecule has 0 aromatic rings. The topological polar surface area (TPSA) is 37.3 Å². The summed E-state index contributed by atoms with van der Waals surface area (Å²) in [6.45, 7) is 2.44. The number of rotatable bonds is 0. The van der Waals surface area contributed by atoms with E-state index in [2.05, 4.69) is 6.92 Å². The Morgan fingerprint density at radius 3 is 2.95 bits per heavy atom. The average molecular weight is 272 g/mol. The molecule has 0 saturated heterocycles. The van der Waals surface area contributed by atoms with Gasteiger partial charge in [0.15, 0.2) is 5.78 Å². The van der Waals surface area contributed by atoms with Gasteiger partial charge in [0.25, 0.3) is 0 Å². The molecule has 0 unspecified atom stereocenters. The average Bonchev–Trinajstić information content (AvgIpc) is 2.79. The zero-order valence-electron chi connectivity index (χ0n) is 12.3. The molecular formula is C18H24O2. The molecule has 20 heavy (non-hydrogen) atoms. The molecule has 108 valence electrons. The number of ketones is 1. The van der Waals surface area contributed by atoms with Crippen molar-refractivity contribution in [2.75, 3.05) is 0 Å². The molecule has 1 N–H and O–H groups in total. The number of aliphatic hydroxyl groups is 1. The summed E-state index contributed by atoms with van der Waals surface area (Å²) in [7, 11) is 0. The minimum atomic E-state index is -0.256. The Kier molecular flexibility index (Phi) is 2.76. The van der Waals surface area contributed by atoms with Gasteiger partial charge in [-0.3, -0.25) is 4.79 Å². The van der Waals surface area contributed by atoms with Gasteiger partial charge in [0.2, 0.25) is 0 Å². The Morgan fingerprint density at radius 1 is 1.25 bits per heavy atom. The van der Waals surface area contributed by atoms with Crippen molar-refractivity contribution in [3.63, 3.8) is 0 Å². The molecule has 4 aliphatic rings. The molecule has 2 heteroatoms. The number of hydrogen-bond donors (Lipinski definition) is 1. The van der Waals surface area contributed by atoms with Gasteiger partial charge in [-0.05, 0) is 67.1 Å². The van der Waals surface area contributed by atoms with Crippen molar-refractivity contribution in [3.8, 4) is 0 Å². The summed E-state index contributed by atoms with van der Waals surface area (Å²) in [5, 5.41) is 10.7. The van der Waals surface area contributed by atoms with Crippen molar-refractivity contribution < 1.29 is 9.90 Å². The highest BCUT2D eigenvalue weighted by atomic mass is 16.3. The van der Waals surface area contributed by atoms with Crippen LogP contribution in [0.5, 0.6) is 0 Å². The summed E-state index contributed by atoms with van der Waals surface area (Å²) in [4.78, 5) is 11.6. The van der Waals surface area contributed by atoms with E-state index in [0.717, 1.165) is 18.4 Å². The monoisotopic (exact) mass is 272 g/mol. The zero-order valence-corrected chi connectivity index (χ0v) is 12.3. The molecule has 2 nitrogen and oxygen atoms in total. The summed E-state index contributed by atoms with van der Waals surface area (Å²) in [6, 6.07) is 0. The molecule has 2 saturated carbocycles. The van der Waals surface area contributed by atoms with E-state index < -0.39 is 0 Å². The number of carbonyl (C=O) groups is 1. The van der Waals surface area contributed by atoms with Gasteiger partial charge in [-0.25, -0.2) is 0 Å². The van der Waals surface area contributed by atoms with Crippen molar-refractivity contribution >= 4 is 5.78 Å². The van der Waals surface area contributed by atoms with Crippen molar-refractivity contribution in [1.82, 2.24) is 0 Å². The van der Waals surface area contributed by atoms with Gasteiger partial charge in [-0.15, -0.1) is 0 Å². The number of fused-ring (bicyclic) bond motifs is 4. The van der Waals surface area contributed by atoms with Crippen LogP contribution in [0.4, 0.5) is 0 Å². The number of allylic oxidation sites excluding steroid dienone is 2. The lowest BCUT2D eigenvalue weighted by atomic mass is 9.57. The minimum absolute atomic E-state index is 0.247. The Balaban J connectivity index is 1.79. The van der Waals surface area contributed by atoms with E-state index in [1.807, 2.05) is 6.08 Å². The van der Waals surface area contributed by atoms with Crippen molar-refractivity contribution in [3.05, 3.63) is 22.8 Å². The van der Waals surface area contributed by atoms with Gasteiger partial charge in [0.05, 0.1) is 6.10 Å². The molecule has 0 radical (unpaired) electrons. The molecule has 0 aromatic heterocycles. The Bertz CT molecular complexity index is 528. The predicted molar refractivity (Wildman–Crippen MR) is 78.1 cm³/mol. The Labute approximate surface area is 120 Å². The fourth-order valence-corrected chi connectivity index (χ4v) is 5.53. The third-order valence-corrected chi connectivity index (χ3v) is 6.53. The van der Waals surface area contributed by atoms with Crippen LogP contribution in [0.1, 0.15) is 58.3 Å². The molecule has 0 bridgehead atoms. The predicted octanol–water partition coefficient (Wildman–Crippen LogP) is 3.55. The standard InChI is InChI=1S/C18H24O2/c1-18-7-2-3-15(18)17-14(6-8-18)13-5-4-12(19)9-11(13)10-16(17)20/h9,15-17,20H,2-8,10H2,1H3/t15-,16-,17+,18-/m0/s1. The highest BCUT2D eigenvalue weighted by Crippen LogP contribution is 2.59. The van der Waals surface area contributed by atoms with Gasteiger partial charge in [0.1, 0.15) is 0 Å². The molecular weight excluding hydrogens is 248 g/mol. The lowest BCUT2D eigenvalue weighted by molar-refractivity contribution is -0.114. The fraction of sp³-hybridized carbons (Fsp3) is 0.722. The normalized spacial score (nSPS) is 43.8. The van der Waals surface area contributed by atoms with Crippen molar-refractivity contribution in [1.29, 1.82) is 0 Å². The molecule has 2 fully saturated rings. The summed E-state index contributed by atoms with van der Waals surface area (Å²) in [6.07, 6.45) is 10.2. The smallest absolute Gasteiger partial charge is 0.156 e. The van der Waals surface area contributed by atoms with E-state index in [1.165, 1.54) is 36.8 Å². The largest absolute Gasteiger partial charge is 0.392 e. The molecule has 0 spiro atoms. The molecule has 4 aliphatic carbocycles. The SMILES string of the molecule is C[C@@]12CCC[C@H]1[C@H]1C(=C3CCC(=O)C=C3C[C@@H]1O)CC2. The zero-order chi connectivity index (χ0) is 13.9. The lowest BCUT2D eigenvalue weighted by Gasteiger charge is -2.49. The summed E-state index contributed by atoms with van der Waals surface area (Å²) in [5.74, 6) is 1.31. The maximum absolute atomic E-state index is 11.6. The second-order valence-corrected chi connectivity index (χ2v) is 7.59. The van der Waals surface area contributed by atoms with Crippen LogP contribution in [0.3, 0.4) is 0 Å². The van der Waals surface area contributed by atoms with Crippen molar-refractivity contribution in [2.24, 2.45) is 17.3 Å². The third-order valence-electron chi connectivity index (χ3n) is 6.53. The molecule has 4 rings (SSSR count). The molecule has 0 aliphatic heterocycles. The van der Waals surface area contributed by atoms with E-state index in [-0.39, 0.29) is 11.9 Å². The van der Waals surface area contributed by atoms with E-state index in [1.54, 1.807) is 0 Å². The summed E-state index contributed by atoms with van der Waals surface area (Å²) < 4.78 is 0. The van der Waals surface area contributed by atoms with Gasteiger partial charge < -0.3 is 5.11 Å². The first-order valence-corrected chi connectivity index (χ1v) is 8.22. The van der Waals surface area contributed by atoms with Crippen LogP contribution in [0.25, 0.3) is 0 Å². The maximum Gasteiger partial charge on any atom is 0.156 e. The van der Waals surface area contributed by atoms with Crippen LogP contribution in [-0.4, -0.2) is 17.0 Å². The molecule has 0 amide bonds. The lowest BCUT2D eigenvalue weighted by Crippen LogP contribution is -2.43. The van der Waals surface area contributed by atoms with Crippen LogP contribution >= 0.6 is 0 Å². The fourth-order valence-electron chi connectivity index (χ4n) is 5.53. The molecule has 4 atom stereocenters. The number of hydrogen-bond acceptors (Lipinski definition) is 2. The Morgan fingerprint density at radius 2 is 2.10 bits per heavy atom. The quantitative estimate of drug-likeness (QED) is 0.732. The second-order valence-electron chi connectivity index (χ2n) is 7.59. The first-order chi connectivity index (χ1) is 9.58. The van der Waals surface area contributed by atoms with Gasteiger partial charge >= 0.3 is 0 Å². The number of carbonyl (C=O) groups excluding carboxylic acids is 1. The Hall–Kier alpha value is -0.890. The highest BCUT2D eigenvalue weighted by Gasteiger charge is 2.51. The first-order valence-electron chi connectivity index (χ1n) is 8.22. The highest BCUT2D eigenvalue weighted by molar-refractivity contribution is 5.93. The van der Waals surface area contributed by atoms with Crippen LogP contribution in [0, 0.1) is 17.3 Å². The van der Waals surface area contributed by atoms with E-state index in [4.69, 9.17) is 0 Å². The molecule has 0 heterocycles. The van der Waals surface area contributed by atoms with Crippen molar-refractivity contribution in [2.45, 2.75) is 64.4 Å². The van der Waals surface area contributed by atoms with Gasteiger partial charge in [-0.2, -0.15) is 0 Å². The van der Waals surface area contributed by atoms with E-state index in [0.29, 0.717) is 30.1 Å². The van der Waals surface area contributed by atoms with Crippen LogP contribution < -0.4 is 0 Å². The van der Waals surface area contributed by atoms with Crippen LogP contribution in [-0.2, 0) is 4.79 Å². The summed E-state index contributed by atoms with van der Waals surface area (Å²) >= 11 is 0. The second kappa shape index (κ2) is 4.30. The summed E-state index contributed by atoms with van der Waals surface area (Å²) in [5.41, 5.74) is 4.59. The first kappa shape index (κ1) is 12.8.